The average molecular weight is 393 g/mol. The van der Waals surface area contributed by atoms with Gasteiger partial charge in [-0.1, -0.05) is 24.3 Å². The molecule has 0 radical (unpaired) electrons. The first-order valence-electron chi connectivity index (χ1n) is 6.09. The first-order valence-corrected chi connectivity index (χ1v) is 7.17. The van der Waals surface area contributed by atoms with Crippen LogP contribution in [-0.2, 0) is 0 Å². The second-order valence-electron chi connectivity index (χ2n) is 4.72. The second-order valence-corrected chi connectivity index (χ2v) is 5.88. The molecule has 104 valence electrons. The van der Waals surface area contributed by atoms with E-state index in [-0.39, 0.29) is 28.2 Å². The zero-order valence-corrected chi connectivity index (χ0v) is 13.0. The quantitative estimate of drug-likeness (QED) is 0.361. The Hall–Kier alpha value is -2.09. The largest absolute Gasteiger partial charge is 0.289 e. The molecule has 0 unspecified atom stereocenters. The molecule has 0 bridgehead atoms. The topological polar surface area (TPSA) is 77.3 Å². The van der Waals surface area contributed by atoms with Crippen LogP contribution in [0.25, 0.3) is 0 Å². The molecule has 0 amide bonds. The summed E-state index contributed by atoms with van der Waals surface area (Å²) in [5.74, 6) is -0.812. The predicted octanol–water partition coefficient (Wildman–Crippen LogP) is 3.28. The lowest BCUT2D eigenvalue weighted by Gasteiger charge is -2.18. The summed E-state index contributed by atoms with van der Waals surface area (Å²) in [4.78, 5) is 35.9. The highest BCUT2D eigenvalue weighted by Gasteiger charge is 2.37. The van der Waals surface area contributed by atoms with E-state index < -0.39 is 10.7 Å². The molecule has 5 nitrogen and oxygen atoms in total. The highest BCUT2D eigenvalue weighted by Crippen LogP contribution is 2.37. The standard InChI is InChI=1S/C15H8INO4/c1-7-11(16)6-10-12(13(7)17(20)21)15(19)9-5-3-2-4-8(9)14(10)18/h2-6H,1H3. The molecule has 1 aliphatic carbocycles. The lowest BCUT2D eigenvalue weighted by Crippen LogP contribution is -2.23. The minimum absolute atomic E-state index is 0.0957. The van der Waals surface area contributed by atoms with Crippen molar-refractivity contribution in [3.63, 3.8) is 0 Å². The van der Waals surface area contributed by atoms with E-state index in [1.165, 1.54) is 6.07 Å². The summed E-state index contributed by atoms with van der Waals surface area (Å²) in [6, 6.07) is 7.95. The fraction of sp³-hybridized carbons (Fsp3) is 0.0667. The van der Waals surface area contributed by atoms with Gasteiger partial charge in [0.05, 0.1) is 4.92 Å². The Kier molecular flexibility index (Phi) is 3.12. The molecular weight excluding hydrogens is 385 g/mol. The zero-order chi connectivity index (χ0) is 15.3. The molecule has 0 aliphatic heterocycles. The van der Waals surface area contributed by atoms with Crippen molar-refractivity contribution in [3.05, 3.63) is 71.8 Å². The molecule has 1 aliphatic rings. The summed E-state index contributed by atoms with van der Waals surface area (Å²) in [5, 5.41) is 11.3. The summed E-state index contributed by atoms with van der Waals surface area (Å²) in [5.41, 5.74) is 0.661. The number of hydrogen-bond donors (Lipinski definition) is 0. The van der Waals surface area contributed by atoms with Gasteiger partial charge in [-0.05, 0) is 35.6 Å². The Morgan fingerprint density at radius 3 is 2.19 bits per heavy atom. The van der Waals surface area contributed by atoms with Crippen molar-refractivity contribution >= 4 is 39.8 Å². The van der Waals surface area contributed by atoms with E-state index in [0.717, 1.165) is 0 Å². The number of carbonyl (C=O) groups is 2. The maximum Gasteiger partial charge on any atom is 0.285 e. The lowest BCUT2D eigenvalue weighted by atomic mass is 9.82. The number of nitro benzene ring substituents is 1. The molecule has 6 heteroatoms. The Labute approximate surface area is 133 Å². The lowest BCUT2D eigenvalue weighted by molar-refractivity contribution is -0.385. The summed E-state index contributed by atoms with van der Waals surface area (Å²) in [6.07, 6.45) is 0. The molecule has 2 aromatic carbocycles. The van der Waals surface area contributed by atoms with Gasteiger partial charge in [-0.25, -0.2) is 0 Å². The van der Waals surface area contributed by atoms with E-state index in [2.05, 4.69) is 0 Å². The smallest absolute Gasteiger partial charge is 0.285 e. The van der Waals surface area contributed by atoms with Crippen molar-refractivity contribution < 1.29 is 14.5 Å². The van der Waals surface area contributed by atoms with Gasteiger partial charge in [-0.3, -0.25) is 19.7 Å². The summed E-state index contributed by atoms with van der Waals surface area (Å²) in [7, 11) is 0. The van der Waals surface area contributed by atoms with Gasteiger partial charge in [0.25, 0.3) is 5.69 Å². The molecule has 0 aromatic heterocycles. The van der Waals surface area contributed by atoms with Crippen LogP contribution < -0.4 is 0 Å². The number of benzene rings is 2. The fourth-order valence-electron chi connectivity index (χ4n) is 2.53. The van der Waals surface area contributed by atoms with Crippen LogP contribution in [-0.4, -0.2) is 16.5 Å². The maximum absolute atomic E-state index is 12.6. The monoisotopic (exact) mass is 393 g/mol. The van der Waals surface area contributed by atoms with Gasteiger partial charge in [0.15, 0.2) is 5.78 Å². The molecule has 0 spiro atoms. The molecule has 0 N–H and O–H groups in total. The van der Waals surface area contributed by atoms with Gasteiger partial charge in [0.2, 0.25) is 5.78 Å². The molecule has 0 heterocycles. The molecule has 0 fully saturated rings. The number of fused-ring (bicyclic) bond motifs is 2. The molecule has 3 rings (SSSR count). The Morgan fingerprint density at radius 1 is 1.05 bits per heavy atom. The first kappa shape index (κ1) is 13.9. The normalized spacial score (nSPS) is 12.9. The fourth-order valence-corrected chi connectivity index (χ4v) is 3.10. The van der Waals surface area contributed by atoms with Crippen LogP contribution in [0, 0.1) is 20.6 Å². The third kappa shape index (κ3) is 1.90. The van der Waals surface area contributed by atoms with Crippen molar-refractivity contribution in [1.82, 2.24) is 0 Å². The van der Waals surface area contributed by atoms with Crippen LogP contribution in [0.2, 0.25) is 0 Å². The number of nitro groups is 1. The Morgan fingerprint density at radius 2 is 1.62 bits per heavy atom. The summed E-state index contributed by atoms with van der Waals surface area (Å²) < 4.78 is 0.596. The van der Waals surface area contributed by atoms with Crippen molar-refractivity contribution in [2.75, 3.05) is 0 Å². The second kappa shape index (κ2) is 4.73. The van der Waals surface area contributed by atoms with E-state index in [4.69, 9.17) is 0 Å². The summed E-state index contributed by atoms with van der Waals surface area (Å²) >= 11 is 1.94. The van der Waals surface area contributed by atoms with Crippen LogP contribution in [0.15, 0.2) is 30.3 Å². The van der Waals surface area contributed by atoms with E-state index >= 15 is 0 Å². The number of hydrogen-bond acceptors (Lipinski definition) is 4. The van der Waals surface area contributed by atoms with Crippen molar-refractivity contribution in [2.24, 2.45) is 0 Å². The highest BCUT2D eigenvalue weighted by molar-refractivity contribution is 14.1. The van der Waals surface area contributed by atoms with E-state index in [0.29, 0.717) is 14.7 Å². The van der Waals surface area contributed by atoms with Crippen LogP contribution >= 0.6 is 22.6 Å². The number of halogens is 1. The summed E-state index contributed by atoms with van der Waals surface area (Å²) in [6.45, 7) is 1.58. The third-order valence-corrected chi connectivity index (χ3v) is 4.68. The van der Waals surface area contributed by atoms with Crippen LogP contribution in [0.5, 0.6) is 0 Å². The number of nitrogens with zero attached hydrogens (tertiary/aromatic N) is 1. The number of carbonyl (C=O) groups excluding carboxylic acids is 2. The van der Waals surface area contributed by atoms with Crippen LogP contribution in [0.1, 0.15) is 37.4 Å². The van der Waals surface area contributed by atoms with Gasteiger partial charge < -0.3 is 0 Å². The van der Waals surface area contributed by atoms with Crippen molar-refractivity contribution in [1.29, 1.82) is 0 Å². The van der Waals surface area contributed by atoms with E-state index in [1.54, 1.807) is 31.2 Å². The molecule has 0 atom stereocenters. The van der Waals surface area contributed by atoms with Crippen LogP contribution in [0.4, 0.5) is 5.69 Å². The Bertz CT molecular complexity index is 842. The minimum atomic E-state index is -0.588. The Balaban J connectivity index is 2.43. The van der Waals surface area contributed by atoms with Crippen molar-refractivity contribution in [3.8, 4) is 0 Å². The third-order valence-electron chi connectivity index (χ3n) is 3.56. The first-order chi connectivity index (χ1) is 9.93. The van der Waals surface area contributed by atoms with Crippen LogP contribution in [0.3, 0.4) is 0 Å². The highest BCUT2D eigenvalue weighted by atomic mass is 127. The maximum atomic E-state index is 12.6. The number of rotatable bonds is 1. The molecule has 0 saturated heterocycles. The molecule has 2 aromatic rings. The molecule has 0 saturated carbocycles. The molecule has 21 heavy (non-hydrogen) atoms. The predicted molar refractivity (Wildman–Crippen MR) is 83.9 cm³/mol. The van der Waals surface area contributed by atoms with Gasteiger partial charge in [0, 0.05) is 25.8 Å². The van der Waals surface area contributed by atoms with Crippen molar-refractivity contribution in [2.45, 2.75) is 6.92 Å². The van der Waals surface area contributed by atoms with Gasteiger partial charge in [0.1, 0.15) is 5.56 Å². The van der Waals surface area contributed by atoms with Gasteiger partial charge in [-0.15, -0.1) is 0 Å². The minimum Gasteiger partial charge on any atom is -0.289 e. The average Bonchev–Trinajstić information content (AvgIpc) is 2.46. The zero-order valence-electron chi connectivity index (χ0n) is 10.8. The SMILES string of the molecule is Cc1c(I)cc2c(c1[N+](=O)[O-])C(=O)c1ccccc1C2=O. The van der Waals surface area contributed by atoms with E-state index in [1.807, 2.05) is 22.6 Å². The van der Waals surface area contributed by atoms with Gasteiger partial charge in [-0.2, -0.15) is 0 Å². The van der Waals surface area contributed by atoms with Gasteiger partial charge >= 0.3 is 0 Å². The molecular formula is C15H8INO4. The number of ketones is 2. The van der Waals surface area contributed by atoms with E-state index in [9.17, 15) is 19.7 Å².